The van der Waals surface area contributed by atoms with Gasteiger partial charge >= 0.3 is 6.03 Å². The summed E-state index contributed by atoms with van der Waals surface area (Å²) in [5.74, 6) is 1.32. The topological polar surface area (TPSA) is 97.0 Å². The summed E-state index contributed by atoms with van der Waals surface area (Å²) in [4.78, 5) is 39.3. The lowest BCUT2D eigenvalue weighted by atomic mass is 9.74. The van der Waals surface area contributed by atoms with Crippen molar-refractivity contribution >= 4 is 17.8 Å². The normalized spacial score (nSPS) is 26.5. The van der Waals surface area contributed by atoms with E-state index >= 15 is 0 Å². The van der Waals surface area contributed by atoms with Crippen LogP contribution in [0, 0.1) is 11.8 Å². The number of carbonyl (C=O) groups excluding carboxylic acids is 3. The number of rotatable bonds is 5. The zero-order chi connectivity index (χ0) is 21.3. The number of para-hydroxylation sites is 2. The fraction of sp³-hybridized carbons (Fsp3) is 0.591. The zero-order valence-corrected chi connectivity index (χ0v) is 17.5. The molecule has 2 fully saturated rings. The van der Waals surface area contributed by atoms with E-state index in [0.29, 0.717) is 49.8 Å². The molecule has 2 saturated heterocycles. The monoisotopic (exact) mass is 415 g/mol. The average Bonchev–Trinajstić information content (AvgIpc) is 3.05. The first-order chi connectivity index (χ1) is 14.4. The number of hydrogen-bond donors (Lipinski definition) is 2. The van der Waals surface area contributed by atoms with Crippen molar-refractivity contribution in [3.05, 3.63) is 24.3 Å². The highest BCUT2D eigenvalue weighted by Gasteiger charge is 2.52. The Labute approximate surface area is 176 Å². The Balaban J connectivity index is 1.39. The summed E-state index contributed by atoms with van der Waals surface area (Å²) in [7, 11) is 0. The Morgan fingerprint density at radius 1 is 1.20 bits per heavy atom. The van der Waals surface area contributed by atoms with Crippen LogP contribution < -0.4 is 20.1 Å². The second-order valence-corrected chi connectivity index (χ2v) is 8.78. The molecule has 1 aromatic rings. The van der Waals surface area contributed by atoms with Crippen molar-refractivity contribution in [1.29, 1.82) is 0 Å². The largest absolute Gasteiger partial charge is 0.485 e. The quantitative estimate of drug-likeness (QED) is 0.718. The maximum atomic E-state index is 13.0. The number of nitrogens with one attached hydrogen (secondary N) is 2. The van der Waals surface area contributed by atoms with Crippen molar-refractivity contribution in [3.63, 3.8) is 0 Å². The molecule has 1 aromatic carbocycles. The van der Waals surface area contributed by atoms with Gasteiger partial charge in [0.1, 0.15) is 12.1 Å². The number of carbonyl (C=O) groups is 3. The van der Waals surface area contributed by atoms with Gasteiger partial charge in [0.05, 0.1) is 0 Å². The second kappa shape index (κ2) is 8.16. The van der Waals surface area contributed by atoms with Gasteiger partial charge in [-0.15, -0.1) is 0 Å². The zero-order valence-electron chi connectivity index (χ0n) is 17.5. The molecule has 3 aliphatic rings. The molecule has 3 aliphatic heterocycles. The third-order valence-electron chi connectivity index (χ3n) is 6.37. The molecule has 0 unspecified atom stereocenters. The Bertz CT molecular complexity index is 834. The van der Waals surface area contributed by atoms with Crippen molar-refractivity contribution in [3.8, 4) is 11.5 Å². The highest BCUT2D eigenvalue weighted by Crippen LogP contribution is 2.36. The van der Waals surface area contributed by atoms with Crippen molar-refractivity contribution in [2.45, 2.75) is 51.2 Å². The lowest BCUT2D eigenvalue weighted by Crippen LogP contribution is -2.57. The Morgan fingerprint density at radius 3 is 2.53 bits per heavy atom. The summed E-state index contributed by atoms with van der Waals surface area (Å²) < 4.78 is 11.5. The highest BCUT2D eigenvalue weighted by atomic mass is 16.6. The molecule has 2 atom stereocenters. The van der Waals surface area contributed by atoms with Crippen molar-refractivity contribution < 1.29 is 23.9 Å². The highest BCUT2D eigenvalue weighted by molar-refractivity contribution is 6.07. The fourth-order valence-corrected chi connectivity index (χ4v) is 4.63. The van der Waals surface area contributed by atoms with Gasteiger partial charge in [-0.05, 0) is 49.7 Å². The minimum Gasteiger partial charge on any atom is -0.485 e. The third kappa shape index (κ3) is 3.82. The summed E-state index contributed by atoms with van der Waals surface area (Å²) >= 11 is 0. The van der Waals surface area contributed by atoms with Gasteiger partial charge in [0.2, 0.25) is 6.10 Å². The summed E-state index contributed by atoms with van der Waals surface area (Å²) in [5.41, 5.74) is -0.875. The van der Waals surface area contributed by atoms with E-state index in [-0.39, 0.29) is 24.3 Å². The van der Waals surface area contributed by atoms with Crippen LogP contribution in [-0.2, 0) is 9.59 Å². The number of imide groups is 1. The van der Waals surface area contributed by atoms with E-state index in [1.165, 1.54) is 0 Å². The van der Waals surface area contributed by atoms with Gasteiger partial charge in [0, 0.05) is 13.1 Å². The number of piperidine rings is 1. The van der Waals surface area contributed by atoms with E-state index in [1.54, 1.807) is 11.0 Å². The van der Waals surface area contributed by atoms with Gasteiger partial charge in [0.25, 0.3) is 11.8 Å². The van der Waals surface area contributed by atoms with Crippen LogP contribution in [0.4, 0.5) is 4.79 Å². The molecule has 0 bridgehead atoms. The fourth-order valence-electron chi connectivity index (χ4n) is 4.63. The molecule has 30 heavy (non-hydrogen) atoms. The second-order valence-electron chi connectivity index (χ2n) is 8.78. The van der Waals surface area contributed by atoms with Crippen LogP contribution in [0.1, 0.15) is 39.5 Å². The number of benzene rings is 1. The van der Waals surface area contributed by atoms with E-state index in [4.69, 9.17) is 9.47 Å². The van der Waals surface area contributed by atoms with Crippen LogP contribution in [0.5, 0.6) is 11.5 Å². The van der Waals surface area contributed by atoms with Gasteiger partial charge in [-0.25, -0.2) is 4.79 Å². The maximum Gasteiger partial charge on any atom is 0.322 e. The van der Waals surface area contributed by atoms with Crippen LogP contribution in [0.25, 0.3) is 0 Å². The van der Waals surface area contributed by atoms with Crippen LogP contribution >= 0.6 is 0 Å². The minimum absolute atomic E-state index is 0.00370. The van der Waals surface area contributed by atoms with Crippen molar-refractivity contribution in [2.75, 3.05) is 19.7 Å². The van der Waals surface area contributed by atoms with Crippen LogP contribution in [0.2, 0.25) is 0 Å². The average molecular weight is 415 g/mol. The predicted octanol–water partition coefficient (Wildman–Crippen LogP) is 2.08. The standard InChI is InChI=1S/C22H29N3O5/c1-14(2)7-10-22(20(27)23-21(28)24-22)15-8-11-25(12-9-15)19(26)18-13-29-16-5-3-4-6-17(16)30-18/h3-6,14-15,18H,7-13H2,1-2H3,(H2,23,24,27,28)/t18-,22+/m0/s1. The van der Waals surface area contributed by atoms with Gasteiger partial charge in [-0.3, -0.25) is 14.9 Å². The minimum atomic E-state index is -0.875. The number of fused-ring (bicyclic) bond motifs is 1. The van der Waals surface area contributed by atoms with Gasteiger partial charge in [0.15, 0.2) is 11.5 Å². The lowest BCUT2D eigenvalue weighted by molar-refractivity contribution is -0.143. The van der Waals surface area contributed by atoms with E-state index < -0.39 is 17.7 Å². The molecule has 162 valence electrons. The number of likely N-dealkylation sites (tertiary alicyclic amines) is 1. The molecule has 4 rings (SSSR count). The van der Waals surface area contributed by atoms with Crippen LogP contribution in [0.3, 0.4) is 0 Å². The summed E-state index contributed by atoms with van der Waals surface area (Å²) in [6.45, 7) is 5.45. The smallest absolute Gasteiger partial charge is 0.322 e. The predicted molar refractivity (Wildman–Crippen MR) is 109 cm³/mol. The number of amides is 4. The molecule has 0 aromatic heterocycles. The maximum absolute atomic E-state index is 13.0. The van der Waals surface area contributed by atoms with Gasteiger partial charge in [-0.2, -0.15) is 0 Å². The third-order valence-corrected chi connectivity index (χ3v) is 6.37. The van der Waals surface area contributed by atoms with Gasteiger partial charge < -0.3 is 19.7 Å². The van der Waals surface area contributed by atoms with E-state index in [2.05, 4.69) is 24.5 Å². The molecule has 0 aliphatic carbocycles. The molecule has 4 amide bonds. The van der Waals surface area contributed by atoms with Crippen LogP contribution in [-0.4, -0.2) is 54.1 Å². The Morgan fingerprint density at radius 2 is 1.90 bits per heavy atom. The number of urea groups is 1. The van der Waals surface area contributed by atoms with Crippen molar-refractivity contribution in [2.24, 2.45) is 11.8 Å². The molecule has 8 nitrogen and oxygen atoms in total. The summed E-state index contributed by atoms with van der Waals surface area (Å²) in [5, 5.41) is 5.33. The SMILES string of the molecule is CC(C)CC[C@]1(C2CCN(C(=O)[C@@H]3COc4ccccc4O3)CC2)NC(=O)NC1=O. The molecular formula is C22H29N3O5. The summed E-state index contributed by atoms with van der Waals surface area (Å²) in [6.07, 6.45) is 2.10. The van der Waals surface area contributed by atoms with E-state index in [1.807, 2.05) is 18.2 Å². The first-order valence-corrected chi connectivity index (χ1v) is 10.7. The first-order valence-electron chi connectivity index (χ1n) is 10.7. The molecule has 0 saturated carbocycles. The molecule has 0 radical (unpaired) electrons. The molecular weight excluding hydrogens is 386 g/mol. The Hall–Kier alpha value is -2.77. The Kier molecular flexibility index (Phi) is 5.58. The molecule has 8 heteroatoms. The molecule has 0 spiro atoms. The van der Waals surface area contributed by atoms with E-state index in [9.17, 15) is 14.4 Å². The van der Waals surface area contributed by atoms with Crippen molar-refractivity contribution in [1.82, 2.24) is 15.5 Å². The number of nitrogens with zero attached hydrogens (tertiary/aromatic N) is 1. The molecule has 3 heterocycles. The van der Waals surface area contributed by atoms with Crippen LogP contribution in [0.15, 0.2) is 24.3 Å². The van der Waals surface area contributed by atoms with Gasteiger partial charge in [-0.1, -0.05) is 26.0 Å². The van der Waals surface area contributed by atoms with E-state index in [0.717, 1.165) is 6.42 Å². The summed E-state index contributed by atoms with van der Waals surface area (Å²) in [6, 6.07) is 6.90. The number of hydrogen-bond acceptors (Lipinski definition) is 5. The molecule has 2 N–H and O–H groups in total. The lowest BCUT2D eigenvalue weighted by Gasteiger charge is -2.41. The first kappa shape index (κ1) is 20.5. The number of ether oxygens (including phenoxy) is 2.